The second-order valence-electron chi connectivity index (χ2n) is 5.91. The number of carbonyl (C=O) groups is 1. The molecule has 28 heavy (non-hydrogen) atoms. The van der Waals surface area contributed by atoms with Crippen LogP contribution >= 0.6 is 11.3 Å². The van der Waals surface area contributed by atoms with E-state index in [-0.39, 0.29) is 5.91 Å². The SMILES string of the molecule is Cc1nc(-c2ccccc2)sc1C(=O)NCCNc1ccc(C(F)(F)F)cn1. The number of pyridine rings is 1. The van der Waals surface area contributed by atoms with Crippen LogP contribution in [0.5, 0.6) is 0 Å². The second-order valence-corrected chi connectivity index (χ2v) is 6.91. The third kappa shape index (κ3) is 4.86. The molecule has 0 atom stereocenters. The van der Waals surface area contributed by atoms with Gasteiger partial charge in [0.15, 0.2) is 0 Å². The second kappa shape index (κ2) is 8.39. The largest absolute Gasteiger partial charge is 0.417 e. The zero-order valence-corrected chi connectivity index (χ0v) is 15.7. The monoisotopic (exact) mass is 406 g/mol. The summed E-state index contributed by atoms with van der Waals surface area (Å²) in [6.45, 7) is 2.40. The highest BCUT2D eigenvalue weighted by Crippen LogP contribution is 2.29. The van der Waals surface area contributed by atoms with E-state index in [1.807, 2.05) is 30.3 Å². The van der Waals surface area contributed by atoms with Gasteiger partial charge in [0.2, 0.25) is 0 Å². The van der Waals surface area contributed by atoms with Crippen LogP contribution in [0.3, 0.4) is 0 Å². The third-order valence-electron chi connectivity index (χ3n) is 3.83. The first-order valence-electron chi connectivity index (χ1n) is 8.43. The molecule has 2 N–H and O–H groups in total. The number of benzene rings is 1. The highest BCUT2D eigenvalue weighted by molar-refractivity contribution is 7.17. The summed E-state index contributed by atoms with van der Waals surface area (Å²) in [6, 6.07) is 11.8. The van der Waals surface area contributed by atoms with Gasteiger partial charge < -0.3 is 10.6 Å². The number of alkyl halides is 3. The van der Waals surface area contributed by atoms with Gasteiger partial charge in [-0.3, -0.25) is 4.79 Å². The number of halogens is 3. The molecule has 146 valence electrons. The van der Waals surface area contributed by atoms with E-state index in [4.69, 9.17) is 0 Å². The van der Waals surface area contributed by atoms with Crippen molar-refractivity contribution in [2.24, 2.45) is 0 Å². The summed E-state index contributed by atoms with van der Waals surface area (Å²) in [7, 11) is 0. The Morgan fingerprint density at radius 2 is 1.86 bits per heavy atom. The predicted octanol–water partition coefficient (Wildman–Crippen LogP) is 4.37. The minimum atomic E-state index is -4.41. The number of anilines is 1. The first kappa shape index (κ1) is 19.8. The van der Waals surface area contributed by atoms with Crippen molar-refractivity contribution in [3.63, 3.8) is 0 Å². The van der Waals surface area contributed by atoms with Crippen molar-refractivity contribution in [2.45, 2.75) is 13.1 Å². The van der Waals surface area contributed by atoms with Crippen LogP contribution in [-0.4, -0.2) is 29.0 Å². The normalized spacial score (nSPS) is 11.3. The quantitative estimate of drug-likeness (QED) is 0.597. The molecule has 2 heterocycles. The molecule has 0 aliphatic heterocycles. The van der Waals surface area contributed by atoms with Gasteiger partial charge in [-0.2, -0.15) is 13.2 Å². The highest BCUT2D eigenvalue weighted by atomic mass is 32.1. The average Bonchev–Trinajstić information content (AvgIpc) is 3.07. The summed E-state index contributed by atoms with van der Waals surface area (Å²) in [6.07, 6.45) is -3.64. The number of amides is 1. The summed E-state index contributed by atoms with van der Waals surface area (Å²) < 4.78 is 37.5. The molecular formula is C19H17F3N4OS. The predicted molar refractivity (Wildman–Crippen MR) is 102 cm³/mol. The molecule has 0 spiro atoms. The molecule has 3 aromatic rings. The fourth-order valence-corrected chi connectivity index (χ4v) is 3.41. The van der Waals surface area contributed by atoms with Crippen LogP contribution in [-0.2, 0) is 6.18 Å². The third-order valence-corrected chi connectivity index (χ3v) is 5.04. The van der Waals surface area contributed by atoms with E-state index in [1.54, 1.807) is 6.92 Å². The van der Waals surface area contributed by atoms with Gasteiger partial charge >= 0.3 is 6.18 Å². The zero-order chi connectivity index (χ0) is 20.1. The Hall–Kier alpha value is -2.94. The summed E-state index contributed by atoms with van der Waals surface area (Å²) in [5.74, 6) is 0.0712. The molecule has 5 nitrogen and oxygen atoms in total. The fraction of sp³-hybridized carbons (Fsp3) is 0.211. The number of aromatic nitrogens is 2. The lowest BCUT2D eigenvalue weighted by Gasteiger charge is -2.09. The molecule has 1 aromatic carbocycles. The molecule has 0 saturated carbocycles. The van der Waals surface area contributed by atoms with Crippen molar-refractivity contribution >= 4 is 23.1 Å². The number of aryl methyl sites for hydroxylation is 1. The van der Waals surface area contributed by atoms with Crippen molar-refractivity contribution < 1.29 is 18.0 Å². The van der Waals surface area contributed by atoms with Crippen molar-refractivity contribution in [3.05, 3.63) is 64.8 Å². The fourth-order valence-electron chi connectivity index (χ4n) is 2.42. The van der Waals surface area contributed by atoms with E-state index in [0.29, 0.717) is 29.5 Å². The molecule has 0 fully saturated rings. The van der Waals surface area contributed by atoms with Gasteiger partial charge in [0.25, 0.3) is 5.91 Å². The van der Waals surface area contributed by atoms with Crippen LogP contribution in [0.15, 0.2) is 48.7 Å². The lowest BCUT2D eigenvalue weighted by Crippen LogP contribution is -2.28. The lowest BCUT2D eigenvalue weighted by atomic mass is 10.2. The number of nitrogens with zero attached hydrogens (tertiary/aromatic N) is 2. The molecule has 9 heteroatoms. The Labute approximate surface area is 163 Å². The highest BCUT2D eigenvalue weighted by Gasteiger charge is 2.30. The van der Waals surface area contributed by atoms with Gasteiger partial charge in [-0.25, -0.2) is 9.97 Å². The Bertz CT molecular complexity index is 940. The van der Waals surface area contributed by atoms with Crippen molar-refractivity contribution in [3.8, 4) is 10.6 Å². The molecule has 0 aliphatic carbocycles. The van der Waals surface area contributed by atoms with Crippen LogP contribution in [0.4, 0.5) is 19.0 Å². The van der Waals surface area contributed by atoms with Crippen molar-refractivity contribution in [2.75, 3.05) is 18.4 Å². The van der Waals surface area contributed by atoms with E-state index < -0.39 is 11.7 Å². The smallest absolute Gasteiger partial charge is 0.368 e. The Morgan fingerprint density at radius 1 is 1.11 bits per heavy atom. The molecule has 2 aromatic heterocycles. The molecule has 0 bridgehead atoms. The standard InChI is InChI=1S/C19H17F3N4OS/c1-12-16(28-18(26-12)13-5-3-2-4-6-13)17(27)24-10-9-23-15-8-7-14(11-25-15)19(20,21)22/h2-8,11H,9-10H2,1H3,(H,23,25)(H,24,27). The Balaban J connectivity index is 1.52. The maximum Gasteiger partial charge on any atom is 0.417 e. The first-order chi connectivity index (χ1) is 13.3. The number of nitrogens with one attached hydrogen (secondary N) is 2. The van der Waals surface area contributed by atoms with Gasteiger partial charge in [-0.15, -0.1) is 11.3 Å². The Kier molecular flexibility index (Phi) is 5.93. The van der Waals surface area contributed by atoms with Crippen LogP contribution in [0.1, 0.15) is 20.9 Å². The average molecular weight is 406 g/mol. The van der Waals surface area contributed by atoms with Gasteiger partial charge in [0.1, 0.15) is 15.7 Å². The van der Waals surface area contributed by atoms with Crippen LogP contribution in [0.2, 0.25) is 0 Å². The minimum Gasteiger partial charge on any atom is -0.368 e. The van der Waals surface area contributed by atoms with Crippen LogP contribution < -0.4 is 10.6 Å². The molecule has 0 aliphatic rings. The zero-order valence-electron chi connectivity index (χ0n) is 14.9. The lowest BCUT2D eigenvalue weighted by molar-refractivity contribution is -0.137. The van der Waals surface area contributed by atoms with Crippen molar-refractivity contribution in [1.29, 1.82) is 0 Å². The number of thiazole rings is 1. The van der Waals surface area contributed by atoms with Crippen molar-refractivity contribution in [1.82, 2.24) is 15.3 Å². The topological polar surface area (TPSA) is 66.9 Å². The van der Waals surface area contributed by atoms with E-state index >= 15 is 0 Å². The number of rotatable bonds is 6. The number of carbonyl (C=O) groups excluding carboxylic acids is 1. The minimum absolute atomic E-state index is 0.237. The molecular weight excluding hydrogens is 389 g/mol. The molecule has 0 unspecified atom stereocenters. The molecule has 3 rings (SSSR count). The van der Waals surface area contributed by atoms with E-state index in [9.17, 15) is 18.0 Å². The molecule has 1 amide bonds. The summed E-state index contributed by atoms with van der Waals surface area (Å²) in [5, 5.41) is 6.42. The van der Waals surface area contributed by atoms with Gasteiger partial charge in [-0.05, 0) is 19.1 Å². The van der Waals surface area contributed by atoms with E-state index in [0.717, 1.165) is 22.8 Å². The molecule has 0 saturated heterocycles. The Morgan fingerprint density at radius 3 is 2.50 bits per heavy atom. The van der Waals surface area contributed by atoms with Crippen LogP contribution in [0.25, 0.3) is 10.6 Å². The first-order valence-corrected chi connectivity index (χ1v) is 9.24. The number of hydrogen-bond acceptors (Lipinski definition) is 5. The van der Waals surface area contributed by atoms with Crippen LogP contribution in [0, 0.1) is 6.92 Å². The maximum absolute atomic E-state index is 12.5. The van der Waals surface area contributed by atoms with Gasteiger partial charge in [-0.1, -0.05) is 30.3 Å². The molecule has 0 radical (unpaired) electrons. The van der Waals surface area contributed by atoms with E-state index in [2.05, 4.69) is 20.6 Å². The van der Waals surface area contributed by atoms with Gasteiger partial charge in [0, 0.05) is 24.8 Å². The summed E-state index contributed by atoms with van der Waals surface area (Å²) in [4.78, 5) is 21.1. The number of hydrogen-bond donors (Lipinski definition) is 2. The van der Waals surface area contributed by atoms with Gasteiger partial charge in [0.05, 0.1) is 11.3 Å². The maximum atomic E-state index is 12.5. The summed E-state index contributed by atoms with van der Waals surface area (Å²) in [5.41, 5.74) is 0.796. The summed E-state index contributed by atoms with van der Waals surface area (Å²) >= 11 is 1.32. The van der Waals surface area contributed by atoms with E-state index in [1.165, 1.54) is 17.4 Å².